The fourth-order valence-electron chi connectivity index (χ4n) is 8.11. The number of ketones is 1. The van der Waals surface area contributed by atoms with E-state index in [0.717, 1.165) is 44.9 Å². The lowest BCUT2D eigenvalue weighted by atomic mass is 9.46. The van der Waals surface area contributed by atoms with Gasteiger partial charge in [0.1, 0.15) is 5.60 Å². The third-order valence-electron chi connectivity index (χ3n) is 9.94. The maximum Gasteiger partial charge on any atom is 0.303 e. The molecule has 3 saturated carbocycles. The molecule has 31 heavy (non-hydrogen) atoms. The Hall–Kier alpha value is -1.24. The molecule has 6 atom stereocenters. The summed E-state index contributed by atoms with van der Waals surface area (Å²) in [4.78, 5) is 24.2. The summed E-state index contributed by atoms with van der Waals surface area (Å²) >= 11 is 0. The number of carbonyl (C=O) groups is 2. The monoisotopic (exact) mass is 432 g/mol. The molecule has 0 radical (unpaired) electrons. The smallest absolute Gasteiger partial charge is 0.303 e. The molecule has 4 aliphatic carbocycles. The predicted octanol–water partition coefficient (Wildman–Crippen LogP) is 3.56. The molecule has 0 aromatic rings. The van der Waals surface area contributed by atoms with Crippen LogP contribution < -0.4 is 0 Å². The molecule has 0 aromatic carbocycles. The summed E-state index contributed by atoms with van der Waals surface area (Å²) in [6.45, 7) is 6.88. The van der Waals surface area contributed by atoms with Gasteiger partial charge in [-0.2, -0.15) is 0 Å². The van der Waals surface area contributed by atoms with E-state index in [1.165, 1.54) is 12.5 Å². The van der Waals surface area contributed by atoms with Crippen molar-refractivity contribution in [2.24, 2.45) is 28.6 Å². The van der Waals surface area contributed by atoms with Crippen LogP contribution in [0.5, 0.6) is 0 Å². The van der Waals surface area contributed by atoms with Crippen molar-refractivity contribution >= 4 is 11.8 Å². The number of fused-ring (bicyclic) bond motifs is 5. The van der Waals surface area contributed by atoms with Gasteiger partial charge < -0.3 is 19.3 Å². The number of rotatable bonds is 3. The Morgan fingerprint density at radius 1 is 1.10 bits per heavy atom. The molecule has 172 valence electrons. The van der Waals surface area contributed by atoms with Gasteiger partial charge in [-0.25, -0.2) is 0 Å². The highest BCUT2D eigenvalue weighted by molar-refractivity contribution is 5.90. The Kier molecular flexibility index (Phi) is 4.97. The highest BCUT2D eigenvalue weighted by Gasteiger charge is 2.66. The summed E-state index contributed by atoms with van der Waals surface area (Å²) in [5.41, 5.74) is -0.219. The number of esters is 1. The van der Waals surface area contributed by atoms with Gasteiger partial charge in [-0.3, -0.25) is 9.59 Å². The second-order valence-corrected chi connectivity index (χ2v) is 11.1. The molecule has 5 aliphatic rings. The molecule has 0 bridgehead atoms. The third-order valence-corrected chi connectivity index (χ3v) is 9.94. The van der Waals surface area contributed by atoms with Crippen molar-refractivity contribution in [3.05, 3.63) is 11.6 Å². The van der Waals surface area contributed by atoms with Crippen LogP contribution in [-0.4, -0.2) is 48.1 Å². The zero-order chi connectivity index (χ0) is 22.1. The van der Waals surface area contributed by atoms with Crippen molar-refractivity contribution in [1.29, 1.82) is 0 Å². The summed E-state index contributed by atoms with van der Waals surface area (Å²) in [5.74, 6) is 0.126. The Balaban J connectivity index is 1.39. The van der Waals surface area contributed by atoms with E-state index < -0.39 is 22.8 Å². The molecule has 0 amide bonds. The summed E-state index contributed by atoms with van der Waals surface area (Å²) in [5, 5.41) is 11.6. The fraction of sp³-hybridized carbons (Fsp3) is 0.840. The second-order valence-electron chi connectivity index (χ2n) is 11.1. The predicted molar refractivity (Wildman–Crippen MR) is 113 cm³/mol. The van der Waals surface area contributed by atoms with E-state index in [-0.39, 0.29) is 17.8 Å². The Labute approximate surface area is 184 Å². The molecule has 1 spiro atoms. The molecule has 1 aliphatic heterocycles. The Morgan fingerprint density at radius 3 is 2.52 bits per heavy atom. The molecular weight excluding hydrogens is 396 g/mol. The van der Waals surface area contributed by atoms with Crippen LogP contribution in [0.15, 0.2) is 11.6 Å². The highest BCUT2D eigenvalue weighted by atomic mass is 16.7. The summed E-state index contributed by atoms with van der Waals surface area (Å²) in [6.07, 6.45) is 9.49. The molecule has 0 aromatic heterocycles. The molecular formula is C25H36O6. The van der Waals surface area contributed by atoms with E-state index >= 15 is 0 Å². The van der Waals surface area contributed by atoms with Crippen LogP contribution in [0.2, 0.25) is 0 Å². The van der Waals surface area contributed by atoms with Gasteiger partial charge in [0, 0.05) is 25.2 Å². The van der Waals surface area contributed by atoms with Crippen LogP contribution in [0.4, 0.5) is 0 Å². The van der Waals surface area contributed by atoms with Crippen LogP contribution in [0.1, 0.15) is 72.1 Å². The van der Waals surface area contributed by atoms with Crippen molar-refractivity contribution in [1.82, 2.24) is 0 Å². The molecule has 6 nitrogen and oxygen atoms in total. The molecule has 5 rings (SSSR count). The number of carbonyl (C=O) groups excluding carboxylic acids is 2. The van der Waals surface area contributed by atoms with Crippen molar-refractivity contribution in [2.45, 2.75) is 83.5 Å². The summed E-state index contributed by atoms with van der Waals surface area (Å²) in [6, 6.07) is 0. The average molecular weight is 433 g/mol. The first-order chi connectivity index (χ1) is 14.6. The van der Waals surface area contributed by atoms with Gasteiger partial charge in [0.2, 0.25) is 5.78 Å². The lowest BCUT2D eigenvalue weighted by Gasteiger charge is -2.59. The quantitative estimate of drug-likeness (QED) is 0.542. The van der Waals surface area contributed by atoms with Crippen molar-refractivity contribution in [2.75, 3.05) is 19.8 Å². The second kappa shape index (κ2) is 7.13. The zero-order valence-corrected chi connectivity index (χ0v) is 19.1. The van der Waals surface area contributed by atoms with Gasteiger partial charge in [-0.05, 0) is 61.7 Å². The van der Waals surface area contributed by atoms with E-state index in [1.54, 1.807) is 0 Å². The molecule has 1 heterocycles. The average Bonchev–Trinajstić information content (AvgIpc) is 3.30. The largest absolute Gasteiger partial charge is 0.458 e. The maximum atomic E-state index is 13.0. The van der Waals surface area contributed by atoms with Crippen LogP contribution in [0, 0.1) is 28.6 Å². The first-order valence-electron chi connectivity index (χ1n) is 12.0. The van der Waals surface area contributed by atoms with E-state index in [9.17, 15) is 14.7 Å². The van der Waals surface area contributed by atoms with Crippen LogP contribution in [-0.2, 0) is 23.8 Å². The van der Waals surface area contributed by atoms with Gasteiger partial charge in [0.15, 0.2) is 12.4 Å². The number of hydrogen-bond acceptors (Lipinski definition) is 6. The number of aliphatic hydroxyl groups is 1. The minimum absolute atomic E-state index is 0.146. The number of ether oxygens (including phenoxy) is 3. The molecule has 6 heteroatoms. The minimum Gasteiger partial charge on any atom is -0.458 e. The van der Waals surface area contributed by atoms with Gasteiger partial charge >= 0.3 is 5.97 Å². The highest BCUT2D eigenvalue weighted by Crippen LogP contribution is 2.68. The van der Waals surface area contributed by atoms with Crippen LogP contribution in [0.3, 0.4) is 0 Å². The first-order valence-corrected chi connectivity index (χ1v) is 12.0. The number of Topliss-reactive ketones (excluding diaryl/α,β-unsaturated/α-hetero) is 1. The third kappa shape index (κ3) is 3.01. The van der Waals surface area contributed by atoms with Gasteiger partial charge in [-0.15, -0.1) is 0 Å². The van der Waals surface area contributed by atoms with E-state index in [0.29, 0.717) is 37.4 Å². The molecule has 1 saturated heterocycles. The molecule has 0 unspecified atom stereocenters. The van der Waals surface area contributed by atoms with Gasteiger partial charge in [0.05, 0.1) is 13.2 Å². The SMILES string of the molecule is CC(=O)OCC(=O)[C@]1(O)CC[C@@H]2[C@H]3CC=C4CC5(CC[C@]4(C)[C@@H]3CC[C@@]21C)OCCO5. The van der Waals surface area contributed by atoms with Crippen LogP contribution >= 0.6 is 0 Å². The first kappa shape index (κ1) is 21.6. The Morgan fingerprint density at radius 2 is 1.81 bits per heavy atom. The summed E-state index contributed by atoms with van der Waals surface area (Å²) in [7, 11) is 0. The topological polar surface area (TPSA) is 82.1 Å². The van der Waals surface area contributed by atoms with Crippen molar-refractivity contribution in [3.8, 4) is 0 Å². The van der Waals surface area contributed by atoms with Crippen molar-refractivity contribution < 1.29 is 28.9 Å². The minimum atomic E-state index is -1.40. The lowest BCUT2D eigenvalue weighted by molar-refractivity contribution is -0.189. The summed E-state index contributed by atoms with van der Waals surface area (Å²) < 4.78 is 17.0. The number of allylic oxidation sites excluding steroid dienone is 1. The van der Waals surface area contributed by atoms with Gasteiger partial charge in [0.25, 0.3) is 0 Å². The normalized spacial score (nSPS) is 45.4. The van der Waals surface area contributed by atoms with Gasteiger partial charge in [-0.1, -0.05) is 25.5 Å². The lowest BCUT2D eigenvalue weighted by Crippen LogP contribution is -2.58. The zero-order valence-electron chi connectivity index (χ0n) is 19.1. The van der Waals surface area contributed by atoms with E-state index in [4.69, 9.17) is 14.2 Å². The maximum absolute atomic E-state index is 13.0. The van der Waals surface area contributed by atoms with E-state index in [1.807, 2.05) is 0 Å². The number of hydrogen-bond donors (Lipinski definition) is 1. The van der Waals surface area contributed by atoms with E-state index in [2.05, 4.69) is 19.9 Å². The Bertz CT molecular complexity index is 813. The fourth-order valence-corrected chi connectivity index (χ4v) is 8.11. The van der Waals surface area contributed by atoms with Crippen molar-refractivity contribution in [3.63, 3.8) is 0 Å². The standard InChI is InChI=1S/C25H36O6/c1-16(26)29-15-21(27)25(28)9-7-20-18-5-4-17-14-24(30-12-13-31-24)11-10-22(17,2)19(18)6-8-23(20,25)3/h4,18-20,28H,5-15H2,1-3H3/t18-,19+,20+,22-,23-,25+/m0/s1. The van der Waals surface area contributed by atoms with Crippen LogP contribution in [0.25, 0.3) is 0 Å². The molecule has 1 N–H and O–H groups in total. The molecule has 4 fully saturated rings.